The molecule has 1 heteroatoms. The molecule has 0 radical (unpaired) electrons. The predicted octanol–water partition coefficient (Wildman–Crippen LogP) is 7.46. The molecular formula is C27H16O. The average Bonchev–Trinajstić information content (AvgIpc) is 3.32. The summed E-state index contributed by atoms with van der Waals surface area (Å²) in [7, 11) is 0. The standard InChI is InChI=1S/C27H16O/c1-3-7-20-16(5-1)9-10-18-15-19-11-13-22-26-21-8-4-2-6-17(21)12-14-23(26)28-27(22)25(19)24(18)20/h1-14H,15H2. The fraction of sp³-hybridized carbons (Fsp3) is 0.0370. The molecule has 0 saturated carbocycles. The number of fused-ring (bicyclic) bond motifs is 11. The first-order valence-corrected chi connectivity index (χ1v) is 9.75. The maximum Gasteiger partial charge on any atom is 0.143 e. The largest absolute Gasteiger partial charge is 0.455 e. The van der Waals surface area contributed by atoms with Gasteiger partial charge in [-0.05, 0) is 50.7 Å². The highest BCUT2D eigenvalue weighted by Gasteiger charge is 2.26. The Hall–Kier alpha value is -3.58. The molecule has 5 aromatic carbocycles. The molecule has 1 aliphatic rings. The smallest absolute Gasteiger partial charge is 0.143 e. The molecule has 28 heavy (non-hydrogen) atoms. The quantitative estimate of drug-likeness (QED) is 0.275. The summed E-state index contributed by atoms with van der Waals surface area (Å²) in [5.74, 6) is 0. The molecule has 0 amide bonds. The van der Waals surface area contributed by atoms with E-state index in [1.54, 1.807) is 0 Å². The zero-order valence-electron chi connectivity index (χ0n) is 15.2. The zero-order valence-corrected chi connectivity index (χ0v) is 15.2. The Kier molecular flexibility index (Phi) is 2.60. The molecule has 0 saturated heterocycles. The van der Waals surface area contributed by atoms with Crippen molar-refractivity contribution in [1.29, 1.82) is 0 Å². The van der Waals surface area contributed by atoms with Gasteiger partial charge < -0.3 is 4.42 Å². The van der Waals surface area contributed by atoms with Crippen LogP contribution in [0, 0.1) is 0 Å². The highest BCUT2D eigenvalue weighted by atomic mass is 16.3. The predicted molar refractivity (Wildman–Crippen MR) is 117 cm³/mol. The van der Waals surface area contributed by atoms with Gasteiger partial charge in [0.1, 0.15) is 11.2 Å². The van der Waals surface area contributed by atoms with Gasteiger partial charge in [-0.3, -0.25) is 0 Å². The highest BCUT2D eigenvalue weighted by Crippen LogP contribution is 2.47. The lowest BCUT2D eigenvalue weighted by Gasteiger charge is -2.07. The van der Waals surface area contributed by atoms with E-state index < -0.39 is 0 Å². The lowest BCUT2D eigenvalue weighted by molar-refractivity contribution is 0.670. The van der Waals surface area contributed by atoms with Crippen LogP contribution in [0.5, 0.6) is 0 Å². The summed E-state index contributed by atoms with van der Waals surface area (Å²) in [4.78, 5) is 0. The van der Waals surface area contributed by atoms with Gasteiger partial charge in [-0.15, -0.1) is 0 Å². The molecule has 7 rings (SSSR count). The normalized spacial score (nSPS) is 12.9. The van der Waals surface area contributed by atoms with Crippen LogP contribution in [0.2, 0.25) is 0 Å². The van der Waals surface area contributed by atoms with Gasteiger partial charge >= 0.3 is 0 Å². The minimum absolute atomic E-state index is 0.968. The van der Waals surface area contributed by atoms with Gasteiger partial charge in [0, 0.05) is 16.3 Å². The fourth-order valence-corrected chi connectivity index (χ4v) is 5.04. The van der Waals surface area contributed by atoms with Crippen LogP contribution in [0.3, 0.4) is 0 Å². The second-order valence-corrected chi connectivity index (χ2v) is 7.74. The van der Waals surface area contributed by atoms with Gasteiger partial charge in [0.2, 0.25) is 0 Å². The first-order valence-electron chi connectivity index (χ1n) is 9.75. The minimum atomic E-state index is 0.968. The van der Waals surface area contributed by atoms with Crippen molar-refractivity contribution in [2.45, 2.75) is 6.42 Å². The maximum atomic E-state index is 6.51. The van der Waals surface area contributed by atoms with Crippen LogP contribution in [0.25, 0.3) is 54.6 Å². The summed E-state index contributed by atoms with van der Waals surface area (Å²) in [6, 6.07) is 30.6. The van der Waals surface area contributed by atoms with Crippen molar-refractivity contribution in [3.63, 3.8) is 0 Å². The maximum absolute atomic E-state index is 6.51. The molecule has 0 spiro atoms. The fourth-order valence-electron chi connectivity index (χ4n) is 5.04. The lowest BCUT2D eigenvalue weighted by atomic mass is 9.96. The zero-order chi connectivity index (χ0) is 18.2. The molecule has 1 heterocycles. The van der Waals surface area contributed by atoms with Crippen molar-refractivity contribution in [2.24, 2.45) is 0 Å². The van der Waals surface area contributed by atoms with E-state index in [0.29, 0.717) is 0 Å². The van der Waals surface area contributed by atoms with Crippen molar-refractivity contribution < 1.29 is 4.42 Å². The molecule has 130 valence electrons. The Morgan fingerprint density at radius 2 is 1.21 bits per heavy atom. The first-order chi connectivity index (χ1) is 13.9. The summed E-state index contributed by atoms with van der Waals surface area (Å²) in [5, 5.41) is 7.55. The Balaban J connectivity index is 1.69. The third kappa shape index (κ3) is 1.72. The van der Waals surface area contributed by atoms with Crippen LogP contribution in [-0.4, -0.2) is 0 Å². The topological polar surface area (TPSA) is 13.1 Å². The van der Waals surface area contributed by atoms with Gasteiger partial charge in [-0.25, -0.2) is 0 Å². The molecule has 0 N–H and O–H groups in total. The van der Waals surface area contributed by atoms with Gasteiger partial charge in [-0.1, -0.05) is 78.9 Å². The van der Waals surface area contributed by atoms with Gasteiger partial charge in [0.05, 0.1) is 0 Å². The third-order valence-corrected chi connectivity index (χ3v) is 6.26. The monoisotopic (exact) mass is 356 g/mol. The van der Waals surface area contributed by atoms with Crippen molar-refractivity contribution >= 4 is 43.5 Å². The van der Waals surface area contributed by atoms with E-state index in [9.17, 15) is 0 Å². The second-order valence-electron chi connectivity index (χ2n) is 7.74. The van der Waals surface area contributed by atoms with E-state index in [2.05, 4.69) is 84.9 Å². The Bertz CT molecular complexity index is 1580. The van der Waals surface area contributed by atoms with Crippen molar-refractivity contribution in [1.82, 2.24) is 0 Å². The van der Waals surface area contributed by atoms with Crippen LogP contribution < -0.4 is 0 Å². The molecule has 6 aromatic rings. The molecule has 0 fully saturated rings. The SMILES string of the molecule is c1ccc2c3c(ccc2c1)Cc1ccc2c(oc4ccc5ccccc5c42)c1-3. The van der Waals surface area contributed by atoms with E-state index in [1.807, 2.05) is 0 Å². The summed E-state index contributed by atoms with van der Waals surface area (Å²) < 4.78 is 6.51. The number of furan rings is 1. The number of hydrogen-bond acceptors (Lipinski definition) is 1. The molecule has 0 aliphatic heterocycles. The summed E-state index contributed by atoms with van der Waals surface area (Å²) >= 11 is 0. The van der Waals surface area contributed by atoms with E-state index in [4.69, 9.17) is 4.42 Å². The molecular weight excluding hydrogens is 340 g/mol. The summed E-state index contributed by atoms with van der Waals surface area (Å²) in [6.07, 6.45) is 0.975. The molecule has 0 atom stereocenters. The molecule has 1 aromatic heterocycles. The summed E-state index contributed by atoms with van der Waals surface area (Å²) in [6.45, 7) is 0. The Morgan fingerprint density at radius 3 is 2.11 bits per heavy atom. The van der Waals surface area contributed by atoms with Crippen molar-refractivity contribution in [3.8, 4) is 11.1 Å². The Labute approximate surface area is 161 Å². The van der Waals surface area contributed by atoms with E-state index in [0.717, 1.165) is 17.6 Å². The Morgan fingerprint density at radius 1 is 0.536 bits per heavy atom. The molecule has 1 aliphatic carbocycles. The van der Waals surface area contributed by atoms with Gasteiger partial charge in [0.15, 0.2) is 0 Å². The van der Waals surface area contributed by atoms with Gasteiger partial charge in [-0.2, -0.15) is 0 Å². The van der Waals surface area contributed by atoms with E-state index in [1.165, 1.54) is 54.6 Å². The van der Waals surface area contributed by atoms with E-state index in [-0.39, 0.29) is 0 Å². The molecule has 0 unspecified atom stereocenters. The lowest BCUT2D eigenvalue weighted by Crippen LogP contribution is -1.82. The first kappa shape index (κ1) is 14.5. The third-order valence-electron chi connectivity index (χ3n) is 6.26. The average molecular weight is 356 g/mol. The number of benzene rings is 5. The van der Waals surface area contributed by atoms with Crippen LogP contribution in [0.15, 0.2) is 89.3 Å². The van der Waals surface area contributed by atoms with Gasteiger partial charge in [0.25, 0.3) is 0 Å². The van der Waals surface area contributed by atoms with E-state index >= 15 is 0 Å². The van der Waals surface area contributed by atoms with Crippen LogP contribution in [-0.2, 0) is 6.42 Å². The summed E-state index contributed by atoms with van der Waals surface area (Å²) in [5.41, 5.74) is 7.38. The number of hydrogen-bond donors (Lipinski definition) is 0. The number of rotatable bonds is 0. The molecule has 1 nitrogen and oxygen atoms in total. The van der Waals surface area contributed by atoms with Crippen molar-refractivity contribution in [3.05, 3.63) is 96.1 Å². The highest BCUT2D eigenvalue weighted by molar-refractivity contribution is 6.22. The second kappa shape index (κ2) is 5.02. The van der Waals surface area contributed by atoms with Crippen molar-refractivity contribution in [2.75, 3.05) is 0 Å². The van der Waals surface area contributed by atoms with Crippen LogP contribution in [0.1, 0.15) is 11.1 Å². The minimum Gasteiger partial charge on any atom is -0.455 e. The van der Waals surface area contributed by atoms with Crippen LogP contribution >= 0.6 is 0 Å². The molecule has 0 bridgehead atoms. The van der Waals surface area contributed by atoms with Crippen LogP contribution in [0.4, 0.5) is 0 Å².